The van der Waals surface area contributed by atoms with Gasteiger partial charge in [0.25, 0.3) is 0 Å². The number of para-hydroxylation sites is 2. The molecule has 0 spiro atoms. The highest BCUT2D eigenvalue weighted by molar-refractivity contribution is 6.22. The van der Waals surface area contributed by atoms with E-state index in [1.54, 1.807) is 0 Å². The Hall–Kier alpha value is -7.21. The minimum absolute atomic E-state index is 0.626. The number of hydrogen-bond acceptors (Lipinski definition) is 1. The summed E-state index contributed by atoms with van der Waals surface area (Å²) in [5.74, 6) is 0. The minimum Gasteiger partial charge on any atom is -0.309 e. The lowest BCUT2D eigenvalue weighted by molar-refractivity contribution is 1.18. The van der Waals surface area contributed by atoms with Crippen molar-refractivity contribution >= 4 is 43.4 Å². The van der Waals surface area contributed by atoms with Crippen LogP contribution in [-0.4, -0.2) is 4.57 Å². The second-order valence-corrected chi connectivity index (χ2v) is 13.5. The predicted molar refractivity (Wildman–Crippen MR) is 222 cm³/mol. The Bertz CT molecular complexity index is 2960. The molecular weight excluding hydrogens is 641 g/mol. The topological polar surface area (TPSA) is 28.7 Å². The van der Waals surface area contributed by atoms with Gasteiger partial charge in [0.2, 0.25) is 0 Å². The van der Waals surface area contributed by atoms with Crippen molar-refractivity contribution in [2.75, 3.05) is 0 Å². The smallest absolute Gasteiger partial charge is 0.0991 e. The zero-order valence-corrected chi connectivity index (χ0v) is 28.9. The van der Waals surface area contributed by atoms with Crippen LogP contribution in [0.25, 0.3) is 93.5 Å². The van der Waals surface area contributed by atoms with Crippen LogP contribution in [0.2, 0.25) is 0 Å². The molecule has 246 valence electrons. The van der Waals surface area contributed by atoms with E-state index in [1.807, 2.05) is 6.07 Å². The molecule has 0 unspecified atom stereocenters. The van der Waals surface area contributed by atoms with E-state index in [4.69, 9.17) is 0 Å². The third-order valence-electron chi connectivity index (χ3n) is 10.6. The first-order valence-corrected chi connectivity index (χ1v) is 18.0. The summed E-state index contributed by atoms with van der Waals surface area (Å²) in [6, 6.07) is 71.5. The number of rotatable bonds is 5. The second kappa shape index (κ2) is 12.5. The molecule has 2 nitrogen and oxygen atoms in total. The Balaban J connectivity index is 1.27. The van der Waals surface area contributed by atoms with Gasteiger partial charge in [0.05, 0.1) is 28.4 Å². The molecule has 2 heteroatoms. The lowest BCUT2D eigenvalue weighted by Gasteiger charge is -2.21. The van der Waals surface area contributed by atoms with Crippen molar-refractivity contribution in [3.05, 3.63) is 200 Å². The van der Waals surface area contributed by atoms with Gasteiger partial charge in [-0.3, -0.25) is 0 Å². The summed E-state index contributed by atoms with van der Waals surface area (Å²) in [5, 5.41) is 17.5. The molecule has 0 fully saturated rings. The Labute approximate surface area is 308 Å². The van der Waals surface area contributed by atoms with Crippen LogP contribution in [-0.2, 0) is 0 Å². The SMILES string of the molecule is N#Cc1ccc(-n2c3ccccc3c3ccccc32)c(-c2ccccc2-c2ccccc2-c2c3ccccc3c(-c3ccccc3)c3ccccc23)c1. The molecule has 0 radical (unpaired) electrons. The van der Waals surface area contributed by atoms with Crippen LogP contribution < -0.4 is 0 Å². The molecule has 0 saturated heterocycles. The molecule has 0 aliphatic rings. The molecule has 1 heterocycles. The van der Waals surface area contributed by atoms with Crippen molar-refractivity contribution < 1.29 is 0 Å². The molecule has 53 heavy (non-hydrogen) atoms. The normalized spacial score (nSPS) is 11.4. The lowest BCUT2D eigenvalue weighted by Crippen LogP contribution is -1.99. The molecule has 1 aromatic heterocycles. The number of nitrogens with zero attached hydrogens (tertiary/aromatic N) is 2. The van der Waals surface area contributed by atoms with Crippen LogP contribution in [0.15, 0.2) is 194 Å². The van der Waals surface area contributed by atoms with E-state index in [2.05, 4.69) is 199 Å². The molecule has 0 N–H and O–H groups in total. The quantitative estimate of drug-likeness (QED) is 0.167. The van der Waals surface area contributed by atoms with E-state index in [1.165, 1.54) is 54.6 Å². The predicted octanol–water partition coefficient (Wildman–Crippen LogP) is 13.6. The van der Waals surface area contributed by atoms with Gasteiger partial charge >= 0.3 is 0 Å². The first kappa shape index (κ1) is 30.6. The molecule has 0 bridgehead atoms. The van der Waals surface area contributed by atoms with Crippen LogP contribution in [0.5, 0.6) is 0 Å². The maximum atomic E-state index is 10.2. The summed E-state index contributed by atoms with van der Waals surface area (Å²) in [5.41, 5.74) is 13.1. The Morgan fingerprint density at radius 1 is 0.340 bits per heavy atom. The monoisotopic (exact) mass is 672 g/mol. The number of aromatic nitrogens is 1. The number of hydrogen-bond donors (Lipinski definition) is 0. The van der Waals surface area contributed by atoms with E-state index in [-0.39, 0.29) is 0 Å². The number of nitriles is 1. The maximum absolute atomic E-state index is 10.2. The fourth-order valence-corrected chi connectivity index (χ4v) is 8.42. The van der Waals surface area contributed by atoms with E-state index < -0.39 is 0 Å². The molecule has 9 aromatic carbocycles. The fraction of sp³-hybridized carbons (Fsp3) is 0. The number of benzene rings is 9. The van der Waals surface area contributed by atoms with Crippen molar-refractivity contribution in [3.8, 4) is 56.3 Å². The molecule has 10 aromatic rings. The number of fused-ring (bicyclic) bond motifs is 5. The fourth-order valence-electron chi connectivity index (χ4n) is 8.42. The van der Waals surface area contributed by atoms with Gasteiger partial charge in [0.1, 0.15) is 0 Å². The van der Waals surface area contributed by atoms with Crippen LogP contribution in [0.3, 0.4) is 0 Å². The second-order valence-electron chi connectivity index (χ2n) is 13.5. The van der Waals surface area contributed by atoms with Crippen molar-refractivity contribution in [2.45, 2.75) is 0 Å². The molecule has 0 aliphatic carbocycles. The van der Waals surface area contributed by atoms with Crippen molar-refractivity contribution in [1.82, 2.24) is 4.57 Å². The molecule has 0 atom stereocenters. The van der Waals surface area contributed by atoms with Gasteiger partial charge in [-0.05, 0) is 90.8 Å². The molecular formula is C51H32N2. The van der Waals surface area contributed by atoms with Crippen LogP contribution in [0, 0.1) is 11.3 Å². The highest BCUT2D eigenvalue weighted by Crippen LogP contribution is 2.48. The van der Waals surface area contributed by atoms with E-state index in [0.29, 0.717) is 5.56 Å². The Kier molecular flexibility index (Phi) is 7.23. The summed E-state index contributed by atoms with van der Waals surface area (Å²) in [6.07, 6.45) is 0. The first-order valence-electron chi connectivity index (χ1n) is 18.0. The molecule has 0 saturated carbocycles. The largest absolute Gasteiger partial charge is 0.309 e. The average Bonchev–Trinajstić information content (AvgIpc) is 3.57. The van der Waals surface area contributed by atoms with Gasteiger partial charge in [0.15, 0.2) is 0 Å². The van der Waals surface area contributed by atoms with Gasteiger partial charge in [-0.15, -0.1) is 0 Å². The van der Waals surface area contributed by atoms with Gasteiger partial charge in [0, 0.05) is 16.3 Å². The van der Waals surface area contributed by atoms with Gasteiger partial charge in [-0.1, -0.05) is 164 Å². The van der Waals surface area contributed by atoms with Crippen molar-refractivity contribution in [1.29, 1.82) is 5.26 Å². The summed E-state index contributed by atoms with van der Waals surface area (Å²) in [6.45, 7) is 0. The first-order chi connectivity index (χ1) is 26.3. The van der Waals surface area contributed by atoms with Gasteiger partial charge < -0.3 is 4.57 Å². The molecule has 0 aliphatic heterocycles. The van der Waals surface area contributed by atoms with Crippen molar-refractivity contribution in [3.63, 3.8) is 0 Å². The highest BCUT2D eigenvalue weighted by atomic mass is 15.0. The third kappa shape index (κ3) is 4.87. The lowest BCUT2D eigenvalue weighted by atomic mass is 9.82. The zero-order chi connectivity index (χ0) is 35.3. The Morgan fingerprint density at radius 2 is 0.755 bits per heavy atom. The van der Waals surface area contributed by atoms with Crippen LogP contribution in [0.4, 0.5) is 0 Å². The zero-order valence-electron chi connectivity index (χ0n) is 28.9. The van der Waals surface area contributed by atoms with Crippen LogP contribution in [0.1, 0.15) is 5.56 Å². The van der Waals surface area contributed by atoms with E-state index >= 15 is 0 Å². The third-order valence-corrected chi connectivity index (χ3v) is 10.6. The molecule has 0 amide bonds. The van der Waals surface area contributed by atoms with Crippen molar-refractivity contribution in [2.24, 2.45) is 0 Å². The summed E-state index contributed by atoms with van der Waals surface area (Å²) >= 11 is 0. The summed E-state index contributed by atoms with van der Waals surface area (Å²) < 4.78 is 2.35. The molecule has 10 rings (SSSR count). The van der Waals surface area contributed by atoms with Gasteiger partial charge in [-0.2, -0.15) is 5.26 Å². The van der Waals surface area contributed by atoms with E-state index in [0.717, 1.165) is 39.0 Å². The maximum Gasteiger partial charge on any atom is 0.0991 e. The van der Waals surface area contributed by atoms with Gasteiger partial charge in [-0.25, -0.2) is 0 Å². The highest BCUT2D eigenvalue weighted by Gasteiger charge is 2.22. The van der Waals surface area contributed by atoms with Crippen LogP contribution >= 0.6 is 0 Å². The van der Waals surface area contributed by atoms with E-state index in [9.17, 15) is 5.26 Å². The summed E-state index contributed by atoms with van der Waals surface area (Å²) in [7, 11) is 0. The Morgan fingerprint density at radius 3 is 1.30 bits per heavy atom. The average molecular weight is 673 g/mol. The minimum atomic E-state index is 0.626. The standard InChI is InChI=1S/C51H32N2/c52-33-34-30-31-49(53-47-28-14-12-21-39(47)40-22-13-15-29-48(40)53)46(32-34)38-20-5-4-18-36(38)37-19-6-7-23-41(37)51-44-26-10-8-24-42(44)50(35-16-2-1-3-17-35)43-25-9-11-27-45(43)51/h1-32H. The summed E-state index contributed by atoms with van der Waals surface area (Å²) in [4.78, 5) is 0.